The molecule has 1 aromatic heterocycles. The zero-order valence-corrected chi connectivity index (χ0v) is 18.5. The van der Waals surface area contributed by atoms with Crippen molar-refractivity contribution in [3.63, 3.8) is 0 Å². The van der Waals surface area contributed by atoms with Crippen LogP contribution in [0.2, 0.25) is 0 Å². The lowest BCUT2D eigenvalue weighted by molar-refractivity contribution is -0.122. The zero-order chi connectivity index (χ0) is 22.7. The fourth-order valence-electron chi connectivity index (χ4n) is 3.11. The Bertz CT molecular complexity index is 1200. The van der Waals surface area contributed by atoms with E-state index in [1.54, 1.807) is 51.5 Å². The highest BCUT2D eigenvalue weighted by Crippen LogP contribution is 2.35. The second-order valence-corrected chi connectivity index (χ2v) is 7.79. The van der Waals surface area contributed by atoms with Crippen LogP contribution in [0.4, 0.5) is 10.8 Å². The molecule has 0 saturated heterocycles. The third kappa shape index (κ3) is 4.57. The number of benzene rings is 2. The van der Waals surface area contributed by atoms with Crippen LogP contribution in [0.5, 0.6) is 17.2 Å². The molecule has 2 N–H and O–H groups in total. The molecule has 2 aromatic carbocycles. The quantitative estimate of drug-likeness (QED) is 0.545. The summed E-state index contributed by atoms with van der Waals surface area (Å²) in [6, 6.07) is 10.8. The number of aromatic nitrogens is 1. The molecule has 4 rings (SSSR count). The summed E-state index contributed by atoms with van der Waals surface area (Å²) in [6.45, 7) is 1.70. The maximum Gasteiger partial charge on any atom is 0.265 e. The van der Waals surface area contributed by atoms with Gasteiger partial charge in [0.25, 0.3) is 5.91 Å². The van der Waals surface area contributed by atoms with Gasteiger partial charge in [-0.1, -0.05) is 6.07 Å². The predicted octanol–water partition coefficient (Wildman–Crippen LogP) is 4.20. The molecule has 32 heavy (non-hydrogen) atoms. The highest BCUT2D eigenvalue weighted by molar-refractivity contribution is 7.14. The smallest absolute Gasteiger partial charge is 0.265 e. The van der Waals surface area contributed by atoms with Crippen molar-refractivity contribution >= 4 is 40.0 Å². The van der Waals surface area contributed by atoms with Gasteiger partial charge in [-0.3, -0.25) is 14.9 Å². The van der Waals surface area contributed by atoms with Crippen molar-refractivity contribution in [1.29, 1.82) is 0 Å². The number of amides is 2. The van der Waals surface area contributed by atoms with E-state index in [1.165, 1.54) is 17.4 Å². The Hall–Kier alpha value is -3.85. The summed E-state index contributed by atoms with van der Waals surface area (Å²) >= 11 is 1.31. The molecule has 2 amide bonds. The third-order valence-corrected chi connectivity index (χ3v) is 5.53. The van der Waals surface area contributed by atoms with Crippen molar-refractivity contribution in [2.45, 2.75) is 13.0 Å². The van der Waals surface area contributed by atoms with Crippen LogP contribution in [-0.4, -0.2) is 37.1 Å². The summed E-state index contributed by atoms with van der Waals surface area (Å²) < 4.78 is 16.1. The SMILES string of the molecule is COc1ccc(/C=C/C(=O)Nc2nc(-c3ccc4c(c3)NC(=O)C(C)O4)cs2)cc1OC. The van der Waals surface area contributed by atoms with Gasteiger partial charge in [0.2, 0.25) is 5.91 Å². The molecule has 0 fully saturated rings. The molecule has 0 aliphatic carbocycles. The van der Waals surface area contributed by atoms with E-state index in [1.807, 2.05) is 17.5 Å². The maximum absolute atomic E-state index is 12.3. The second-order valence-electron chi connectivity index (χ2n) is 6.94. The first-order valence-electron chi connectivity index (χ1n) is 9.75. The van der Waals surface area contributed by atoms with Crippen LogP contribution in [0.15, 0.2) is 47.9 Å². The van der Waals surface area contributed by atoms with Gasteiger partial charge in [-0.25, -0.2) is 4.98 Å². The first-order valence-corrected chi connectivity index (χ1v) is 10.6. The Morgan fingerprint density at radius 2 is 2.00 bits per heavy atom. The number of methoxy groups -OCH3 is 2. The van der Waals surface area contributed by atoms with Crippen LogP contribution in [0.25, 0.3) is 17.3 Å². The van der Waals surface area contributed by atoms with Gasteiger partial charge in [-0.2, -0.15) is 0 Å². The molecule has 0 bridgehead atoms. The molecule has 0 radical (unpaired) electrons. The number of ether oxygens (including phenoxy) is 3. The Balaban J connectivity index is 1.43. The lowest BCUT2D eigenvalue weighted by atomic mass is 10.1. The minimum Gasteiger partial charge on any atom is -0.493 e. The fraction of sp³-hybridized carbons (Fsp3) is 0.174. The molecule has 8 nitrogen and oxygen atoms in total. The van der Waals surface area contributed by atoms with Gasteiger partial charge in [0, 0.05) is 17.0 Å². The molecule has 2 heterocycles. The summed E-state index contributed by atoms with van der Waals surface area (Å²) in [5, 5.41) is 7.89. The van der Waals surface area contributed by atoms with Crippen LogP contribution in [-0.2, 0) is 9.59 Å². The van der Waals surface area contributed by atoms with Crippen LogP contribution >= 0.6 is 11.3 Å². The zero-order valence-electron chi connectivity index (χ0n) is 17.7. The van der Waals surface area contributed by atoms with Crippen LogP contribution in [0, 0.1) is 0 Å². The monoisotopic (exact) mass is 451 g/mol. The molecule has 3 aromatic rings. The Morgan fingerprint density at radius 1 is 1.19 bits per heavy atom. The molecule has 0 spiro atoms. The van der Waals surface area contributed by atoms with Gasteiger partial charge in [-0.15, -0.1) is 11.3 Å². The normalized spacial score (nSPS) is 15.0. The first-order chi connectivity index (χ1) is 15.5. The number of hydrogen-bond acceptors (Lipinski definition) is 7. The minimum atomic E-state index is -0.526. The Kier molecular flexibility index (Phi) is 6.09. The molecule has 0 saturated carbocycles. The number of fused-ring (bicyclic) bond motifs is 1. The number of nitrogens with one attached hydrogen (secondary N) is 2. The summed E-state index contributed by atoms with van der Waals surface area (Å²) in [5.74, 6) is 1.32. The van der Waals surface area contributed by atoms with Gasteiger partial charge >= 0.3 is 0 Å². The van der Waals surface area contributed by atoms with Crippen molar-refractivity contribution in [2.24, 2.45) is 0 Å². The summed E-state index contributed by atoms with van der Waals surface area (Å²) in [5.41, 5.74) is 2.89. The number of anilines is 2. The van der Waals surface area contributed by atoms with Gasteiger partial charge in [0.15, 0.2) is 22.7 Å². The fourth-order valence-corrected chi connectivity index (χ4v) is 3.83. The molecule has 164 valence electrons. The van der Waals surface area contributed by atoms with Crippen molar-refractivity contribution in [3.8, 4) is 28.5 Å². The van der Waals surface area contributed by atoms with E-state index in [4.69, 9.17) is 14.2 Å². The van der Waals surface area contributed by atoms with Gasteiger partial charge in [-0.05, 0) is 48.9 Å². The minimum absolute atomic E-state index is 0.192. The Morgan fingerprint density at radius 3 is 2.78 bits per heavy atom. The van der Waals surface area contributed by atoms with Crippen molar-refractivity contribution in [1.82, 2.24) is 4.98 Å². The molecular weight excluding hydrogens is 430 g/mol. The standard InChI is InChI=1S/C23H21N3O5S/c1-13-22(28)24-16-11-15(6-8-18(16)31-13)17-12-32-23(25-17)26-21(27)9-5-14-4-7-19(29-2)20(10-14)30-3/h4-13H,1-3H3,(H,24,28)(H,25,26,27)/b9-5+. The van der Waals surface area contributed by atoms with Crippen LogP contribution in [0.3, 0.4) is 0 Å². The van der Waals surface area contributed by atoms with Gasteiger partial charge in [0.05, 0.1) is 25.6 Å². The number of thiazole rings is 1. The highest BCUT2D eigenvalue weighted by Gasteiger charge is 2.23. The third-order valence-electron chi connectivity index (χ3n) is 4.78. The van der Waals surface area contributed by atoms with E-state index < -0.39 is 6.10 Å². The Labute approximate surface area is 188 Å². The van der Waals surface area contributed by atoms with Crippen molar-refractivity contribution in [2.75, 3.05) is 24.9 Å². The van der Waals surface area contributed by atoms with E-state index in [9.17, 15) is 9.59 Å². The summed E-state index contributed by atoms with van der Waals surface area (Å²) in [4.78, 5) is 28.6. The predicted molar refractivity (Wildman–Crippen MR) is 123 cm³/mol. The maximum atomic E-state index is 12.3. The molecule has 1 aliphatic heterocycles. The molecular formula is C23H21N3O5S. The van der Waals surface area contributed by atoms with Crippen molar-refractivity contribution < 1.29 is 23.8 Å². The summed E-state index contributed by atoms with van der Waals surface area (Å²) in [7, 11) is 3.12. The van der Waals surface area contributed by atoms with Gasteiger partial charge < -0.3 is 19.5 Å². The summed E-state index contributed by atoms with van der Waals surface area (Å²) in [6.07, 6.45) is 2.58. The number of hydrogen-bond donors (Lipinski definition) is 2. The lowest BCUT2D eigenvalue weighted by Crippen LogP contribution is -2.34. The van der Waals surface area contributed by atoms with Crippen LogP contribution in [0.1, 0.15) is 12.5 Å². The molecule has 1 unspecified atom stereocenters. The number of carbonyl (C=O) groups excluding carboxylic acids is 2. The lowest BCUT2D eigenvalue weighted by Gasteiger charge is -2.23. The largest absolute Gasteiger partial charge is 0.493 e. The highest BCUT2D eigenvalue weighted by atomic mass is 32.1. The number of nitrogens with zero attached hydrogens (tertiary/aromatic N) is 1. The second kappa shape index (κ2) is 9.11. The molecule has 9 heteroatoms. The van der Waals surface area contributed by atoms with E-state index in [-0.39, 0.29) is 11.8 Å². The van der Waals surface area contributed by atoms with Crippen LogP contribution < -0.4 is 24.8 Å². The number of rotatable bonds is 6. The number of carbonyl (C=O) groups is 2. The van der Waals surface area contributed by atoms with E-state index in [0.717, 1.165) is 11.1 Å². The first kappa shape index (κ1) is 21.4. The molecule has 1 aliphatic rings. The molecule has 1 atom stereocenters. The average Bonchev–Trinajstić information content (AvgIpc) is 3.26. The topological polar surface area (TPSA) is 98.8 Å². The van der Waals surface area contributed by atoms with E-state index in [0.29, 0.717) is 33.8 Å². The average molecular weight is 452 g/mol. The van der Waals surface area contributed by atoms with Crippen molar-refractivity contribution in [3.05, 3.63) is 53.4 Å². The van der Waals surface area contributed by atoms with Gasteiger partial charge in [0.1, 0.15) is 5.75 Å². The van der Waals surface area contributed by atoms with E-state index >= 15 is 0 Å². The van der Waals surface area contributed by atoms with E-state index in [2.05, 4.69) is 15.6 Å².